The van der Waals surface area contributed by atoms with E-state index in [0.717, 1.165) is 22.3 Å². The van der Waals surface area contributed by atoms with E-state index in [0.29, 0.717) is 9.69 Å². The fourth-order valence-electron chi connectivity index (χ4n) is 1.76. The molecule has 90 valence electrons. The molecule has 0 amide bonds. The number of halogens is 2. The van der Waals surface area contributed by atoms with Crippen molar-refractivity contribution in [1.82, 2.24) is 0 Å². The van der Waals surface area contributed by atoms with Crippen LogP contribution in [0, 0.1) is 13.8 Å². The summed E-state index contributed by atoms with van der Waals surface area (Å²) < 4.78 is 5.68. The van der Waals surface area contributed by atoms with Gasteiger partial charge in [-0.2, -0.15) is 0 Å². The van der Waals surface area contributed by atoms with Crippen LogP contribution in [0.15, 0.2) is 33.5 Å². The predicted molar refractivity (Wildman–Crippen MR) is 71.4 cm³/mol. The summed E-state index contributed by atoms with van der Waals surface area (Å²) in [6.07, 6.45) is 0.833. The Bertz CT molecular complexity index is 548. The van der Waals surface area contributed by atoms with Gasteiger partial charge in [0.25, 0.3) is 0 Å². The molecule has 17 heavy (non-hydrogen) atoms. The largest absolute Gasteiger partial charge is 0.457 e. The molecule has 1 heterocycles. The summed E-state index contributed by atoms with van der Waals surface area (Å²) in [4.78, 5) is 0. The molecule has 0 aliphatic heterocycles. The molecule has 0 spiro atoms. The van der Waals surface area contributed by atoms with Crippen molar-refractivity contribution >= 4 is 27.5 Å². The minimum Gasteiger partial charge on any atom is -0.457 e. The fourth-order valence-corrected chi connectivity index (χ4v) is 2.44. The van der Waals surface area contributed by atoms with Gasteiger partial charge in [0.2, 0.25) is 0 Å². The smallest absolute Gasteiger partial charge is 0.175 e. The highest BCUT2D eigenvalue weighted by atomic mass is 79.9. The molecule has 1 aromatic carbocycles. The van der Waals surface area contributed by atoms with Crippen molar-refractivity contribution in [2.45, 2.75) is 20.0 Å². The van der Waals surface area contributed by atoms with Crippen molar-refractivity contribution in [1.29, 1.82) is 0 Å². The Hall–Kier alpha value is -0.770. The maximum absolute atomic E-state index is 10.3. The highest BCUT2D eigenvalue weighted by Crippen LogP contribution is 2.33. The zero-order chi connectivity index (χ0) is 12.6. The molecule has 0 aliphatic rings. The number of hydrogen-bond acceptors (Lipinski definition) is 2. The van der Waals surface area contributed by atoms with Gasteiger partial charge in [-0.3, -0.25) is 0 Å². The van der Waals surface area contributed by atoms with E-state index in [1.54, 1.807) is 12.3 Å². The molecule has 1 aromatic heterocycles. The number of benzene rings is 1. The molecule has 0 bridgehead atoms. The Labute approximate surface area is 113 Å². The summed E-state index contributed by atoms with van der Waals surface area (Å²) in [5.41, 5.74) is 3.47. The Balaban J connectivity index is 2.48. The summed E-state index contributed by atoms with van der Waals surface area (Å²) in [6, 6.07) is 5.52. The average molecular weight is 316 g/mol. The van der Waals surface area contributed by atoms with Crippen molar-refractivity contribution in [2.75, 3.05) is 0 Å². The zero-order valence-electron chi connectivity index (χ0n) is 9.50. The number of aryl methyl sites for hydroxylation is 2. The molecule has 2 nitrogen and oxygen atoms in total. The molecule has 0 aliphatic carbocycles. The molecule has 1 atom stereocenters. The third kappa shape index (κ3) is 2.41. The van der Waals surface area contributed by atoms with E-state index in [2.05, 4.69) is 15.9 Å². The van der Waals surface area contributed by atoms with Crippen LogP contribution in [0.2, 0.25) is 5.02 Å². The lowest BCUT2D eigenvalue weighted by Crippen LogP contribution is -2.02. The second-order valence-electron chi connectivity index (χ2n) is 4.01. The summed E-state index contributed by atoms with van der Waals surface area (Å²) in [7, 11) is 0. The van der Waals surface area contributed by atoms with E-state index in [9.17, 15) is 5.11 Å². The van der Waals surface area contributed by atoms with Gasteiger partial charge >= 0.3 is 0 Å². The quantitative estimate of drug-likeness (QED) is 0.891. The van der Waals surface area contributed by atoms with Crippen molar-refractivity contribution in [3.63, 3.8) is 0 Å². The predicted octanol–water partition coefficient (Wildman–Crippen LogP) is 4.39. The Morgan fingerprint density at radius 2 is 1.94 bits per heavy atom. The van der Waals surface area contributed by atoms with E-state index in [-0.39, 0.29) is 0 Å². The number of furan rings is 1. The van der Waals surface area contributed by atoms with Gasteiger partial charge in [-0.05, 0) is 58.6 Å². The first kappa shape index (κ1) is 12.7. The summed E-state index contributed by atoms with van der Waals surface area (Å²) in [6.45, 7) is 3.85. The molecule has 0 saturated heterocycles. The lowest BCUT2D eigenvalue weighted by Gasteiger charge is -2.14. The van der Waals surface area contributed by atoms with Gasteiger partial charge in [0.05, 0.1) is 6.26 Å². The monoisotopic (exact) mass is 314 g/mol. The number of rotatable bonds is 2. The van der Waals surface area contributed by atoms with Gasteiger partial charge in [0, 0.05) is 10.6 Å². The van der Waals surface area contributed by atoms with Crippen molar-refractivity contribution in [2.24, 2.45) is 0 Å². The molecule has 0 fully saturated rings. The standard InChI is InChI=1S/C13H12BrClO2/c1-7-6-11(15)8(2)5-10(7)12(16)9-3-4-17-13(9)14/h3-6,12,16H,1-2H3. The van der Waals surface area contributed by atoms with Crippen molar-refractivity contribution < 1.29 is 9.52 Å². The van der Waals surface area contributed by atoms with Crippen LogP contribution < -0.4 is 0 Å². The highest BCUT2D eigenvalue weighted by molar-refractivity contribution is 9.10. The van der Waals surface area contributed by atoms with Gasteiger partial charge in [0.15, 0.2) is 4.67 Å². The molecule has 1 N–H and O–H groups in total. The topological polar surface area (TPSA) is 33.4 Å². The van der Waals surface area contributed by atoms with Crippen LogP contribution in [0.25, 0.3) is 0 Å². The molecule has 1 unspecified atom stereocenters. The Kier molecular flexibility index (Phi) is 3.61. The number of aliphatic hydroxyl groups excluding tert-OH is 1. The van der Waals surface area contributed by atoms with Crippen LogP contribution in [0.3, 0.4) is 0 Å². The third-order valence-corrected chi connectivity index (χ3v) is 3.83. The van der Waals surface area contributed by atoms with Crippen LogP contribution in [0.4, 0.5) is 0 Å². The van der Waals surface area contributed by atoms with Gasteiger partial charge in [-0.1, -0.05) is 17.7 Å². The van der Waals surface area contributed by atoms with Crippen molar-refractivity contribution in [3.05, 3.63) is 56.4 Å². The molecule has 4 heteroatoms. The normalized spacial score (nSPS) is 12.8. The first-order valence-corrected chi connectivity index (χ1v) is 6.35. The van der Waals surface area contributed by atoms with Gasteiger partial charge < -0.3 is 9.52 Å². The second kappa shape index (κ2) is 4.84. The first-order valence-electron chi connectivity index (χ1n) is 5.18. The van der Waals surface area contributed by atoms with Crippen LogP contribution in [0.1, 0.15) is 28.4 Å². The summed E-state index contributed by atoms with van der Waals surface area (Å²) in [5.74, 6) is 0. The molecule has 2 rings (SSSR count). The van der Waals surface area contributed by atoms with Gasteiger partial charge in [-0.25, -0.2) is 0 Å². The minimum absolute atomic E-state index is 0.553. The number of hydrogen-bond donors (Lipinski definition) is 1. The van der Waals surface area contributed by atoms with E-state index in [1.807, 2.05) is 26.0 Å². The highest BCUT2D eigenvalue weighted by Gasteiger charge is 2.18. The van der Waals surface area contributed by atoms with Gasteiger partial charge in [0.1, 0.15) is 6.10 Å². The maximum atomic E-state index is 10.3. The SMILES string of the molecule is Cc1cc(C(O)c2ccoc2Br)c(C)cc1Cl. The van der Waals surface area contributed by atoms with Crippen LogP contribution in [-0.2, 0) is 0 Å². The average Bonchev–Trinajstić information content (AvgIpc) is 2.69. The minimum atomic E-state index is -0.709. The van der Waals surface area contributed by atoms with Crippen molar-refractivity contribution in [3.8, 4) is 0 Å². The molecule has 0 saturated carbocycles. The lowest BCUT2D eigenvalue weighted by atomic mass is 9.97. The van der Waals surface area contributed by atoms with Crippen LogP contribution in [0.5, 0.6) is 0 Å². The summed E-state index contributed by atoms with van der Waals surface area (Å²) in [5, 5.41) is 11.0. The van der Waals surface area contributed by atoms with Crippen LogP contribution in [-0.4, -0.2) is 5.11 Å². The fraction of sp³-hybridized carbons (Fsp3) is 0.231. The Morgan fingerprint density at radius 1 is 1.24 bits per heavy atom. The van der Waals surface area contributed by atoms with E-state index in [4.69, 9.17) is 16.0 Å². The summed E-state index contributed by atoms with van der Waals surface area (Å²) >= 11 is 9.31. The second-order valence-corrected chi connectivity index (χ2v) is 5.14. The molecule has 2 aromatic rings. The molecular weight excluding hydrogens is 303 g/mol. The lowest BCUT2D eigenvalue weighted by molar-refractivity contribution is 0.217. The van der Waals surface area contributed by atoms with E-state index < -0.39 is 6.10 Å². The first-order chi connectivity index (χ1) is 8.00. The van der Waals surface area contributed by atoms with Crippen LogP contribution >= 0.6 is 27.5 Å². The third-order valence-electron chi connectivity index (χ3n) is 2.78. The Morgan fingerprint density at radius 3 is 2.53 bits per heavy atom. The molecule has 0 radical (unpaired) electrons. The maximum Gasteiger partial charge on any atom is 0.175 e. The molecular formula is C13H12BrClO2. The van der Waals surface area contributed by atoms with E-state index >= 15 is 0 Å². The zero-order valence-corrected chi connectivity index (χ0v) is 11.8. The van der Waals surface area contributed by atoms with Gasteiger partial charge in [-0.15, -0.1) is 0 Å². The number of aliphatic hydroxyl groups is 1. The van der Waals surface area contributed by atoms with E-state index in [1.165, 1.54) is 0 Å².